The lowest BCUT2D eigenvalue weighted by atomic mass is 9.53. The molecular formula is C36H52N6O3. The van der Waals surface area contributed by atoms with E-state index in [1.165, 1.54) is 88.3 Å². The standard InChI is InChI=1S/C36H52N6O3/c1-25-38-30-9-7-8-29(33(30)35(45)42(25)31-10-11-32(43)39-34(31)44)24-41-16-14-40(15-17-41)13-6-4-2-3-5-12-37-36-21-26-18-27(22-36)20-28(19-26)23-36/h7-9,26-28,31,37H,2-6,10-24H2,1H3,(H,39,43,44). The number of fused-ring (bicyclic) bond motifs is 1. The monoisotopic (exact) mass is 616 g/mol. The highest BCUT2D eigenvalue weighted by Gasteiger charge is 2.50. The average molecular weight is 617 g/mol. The number of imide groups is 1. The van der Waals surface area contributed by atoms with E-state index in [9.17, 15) is 14.4 Å². The van der Waals surface area contributed by atoms with Gasteiger partial charge in [-0.15, -0.1) is 0 Å². The number of carbonyl (C=O) groups is 2. The van der Waals surface area contributed by atoms with E-state index in [-0.39, 0.29) is 17.9 Å². The number of carbonyl (C=O) groups excluding carboxylic acids is 2. The van der Waals surface area contributed by atoms with Gasteiger partial charge in [0.25, 0.3) is 5.56 Å². The van der Waals surface area contributed by atoms with Gasteiger partial charge in [0, 0.05) is 44.7 Å². The Hall–Kier alpha value is -2.62. The van der Waals surface area contributed by atoms with Crippen LogP contribution in [0.25, 0.3) is 10.9 Å². The Bertz CT molecular complexity index is 1430. The van der Waals surface area contributed by atoms with Gasteiger partial charge in [-0.2, -0.15) is 0 Å². The van der Waals surface area contributed by atoms with Crippen molar-refractivity contribution in [3.05, 3.63) is 39.9 Å². The molecule has 2 saturated heterocycles. The molecule has 2 amide bonds. The van der Waals surface area contributed by atoms with Gasteiger partial charge in [0.1, 0.15) is 11.9 Å². The summed E-state index contributed by atoms with van der Waals surface area (Å²) >= 11 is 0. The molecule has 1 aromatic heterocycles. The third-order valence-corrected chi connectivity index (χ3v) is 11.8. The fraction of sp³-hybridized carbons (Fsp3) is 0.722. The number of unbranched alkanes of at least 4 members (excludes halogenated alkanes) is 4. The second kappa shape index (κ2) is 13.2. The lowest BCUT2D eigenvalue weighted by Crippen LogP contribution is -2.58. The molecule has 6 fully saturated rings. The van der Waals surface area contributed by atoms with Crippen LogP contribution >= 0.6 is 0 Å². The van der Waals surface area contributed by atoms with Gasteiger partial charge in [-0.3, -0.25) is 29.2 Å². The van der Waals surface area contributed by atoms with Crippen LogP contribution in [0, 0.1) is 24.7 Å². The molecule has 4 saturated carbocycles. The van der Waals surface area contributed by atoms with Gasteiger partial charge in [-0.25, -0.2) is 4.98 Å². The number of piperidine rings is 1. The molecule has 9 nitrogen and oxygen atoms in total. The topological polar surface area (TPSA) is 99.6 Å². The summed E-state index contributed by atoms with van der Waals surface area (Å²) < 4.78 is 1.49. The zero-order valence-corrected chi connectivity index (χ0v) is 27.2. The third kappa shape index (κ3) is 6.77. The summed E-state index contributed by atoms with van der Waals surface area (Å²) in [5, 5.41) is 7.03. The number of nitrogens with one attached hydrogen (secondary N) is 2. The molecule has 45 heavy (non-hydrogen) atoms. The van der Waals surface area contributed by atoms with Gasteiger partial charge in [-0.1, -0.05) is 31.4 Å². The lowest BCUT2D eigenvalue weighted by Gasteiger charge is -2.57. The van der Waals surface area contributed by atoms with Crippen LogP contribution in [0.2, 0.25) is 0 Å². The Labute approximate surface area is 267 Å². The van der Waals surface area contributed by atoms with E-state index in [0.717, 1.165) is 49.5 Å². The molecule has 0 spiro atoms. The Morgan fingerprint density at radius 3 is 2.27 bits per heavy atom. The zero-order valence-electron chi connectivity index (χ0n) is 27.2. The molecule has 9 heteroatoms. The van der Waals surface area contributed by atoms with Gasteiger partial charge in [-0.05, 0) is 107 Å². The lowest BCUT2D eigenvalue weighted by molar-refractivity contribution is -0.135. The number of aryl methyl sites for hydroxylation is 1. The third-order valence-electron chi connectivity index (χ3n) is 11.8. The maximum atomic E-state index is 13.8. The number of amides is 2. The van der Waals surface area contributed by atoms with Crippen LogP contribution in [0.1, 0.15) is 101 Å². The number of benzene rings is 1. The van der Waals surface area contributed by atoms with E-state index in [1.807, 2.05) is 18.2 Å². The maximum absolute atomic E-state index is 13.8. The molecule has 4 bridgehead atoms. The first-order chi connectivity index (χ1) is 21.9. The van der Waals surface area contributed by atoms with Crippen molar-refractivity contribution < 1.29 is 9.59 Å². The summed E-state index contributed by atoms with van der Waals surface area (Å²) in [5.74, 6) is 2.86. The van der Waals surface area contributed by atoms with Crippen LogP contribution in [0.3, 0.4) is 0 Å². The summed E-state index contributed by atoms with van der Waals surface area (Å²) in [6.45, 7) is 8.91. The normalized spacial score (nSPS) is 30.3. The highest BCUT2D eigenvalue weighted by atomic mass is 16.2. The first-order valence-electron chi connectivity index (χ1n) is 17.9. The van der Waals surface area contributed by atoms with Crippen molar-refractivity contribution in [1.82, 2.24) is 30.0 Å². The Balaban J connectivity index is 0.838. The van der Waals surface area contributed by atoms with Crippen molar-refractivity contribution >= 4 is 22.7 Å². The van der Waals surface area contributed by atoms with Gasteiger partial charge < -0.3 is 10.2 Å². The summed E-state index contributed by atoms with van der Waals surface area (Å²) in [5.41, 5.74) is 1.94. The fourth-order valence-electron chi connectivity index (χ4n) is 9.93. The second-order valence-electron chi connectivity index (χ2n) is 15.1. The van der Waals surface area contributed by atoms with Crippen LogP contribution in [0.15, 0.2) is 23.0 Å². The molecule has 1 unspecified atom stereocenters. The molecule has 2 N–H and O–H groups in total. The van der Waals surface area contributed by atoms with Crippen LogP contribution < -0.4 is 16.2 Å². The number of rotatable bonds is 12. The largest absolute Gasteiger partial charge is 0.311 e. The minimum Gasteiger partial charge on any atom is -0.311 e. The molecule has 2 aliphatic heterocycles. The molecule has 1 aromatic carbocycles. The number of aromatic nitrogens is 2. The molecule has 244 valence electrons. The maximum Gasteiger partial charge on any atom is 0.262 e. The zero-order chi connectivity index (χ0) is 31.0. The van der Waals surface area contributed by atoms with Crippen LogP contribution in [-0.4, -0.2) is 76.0 Å². The van der Waals surface area contributed by atoms with Crippen molar-refractivity contribution in [1.29, 1.82) is 0 Å². The molecule has 0 radical (unpaired) electrons. The first-order valence-corrected chi connectivity index (χ1v) is 17.9. The van der Waals surface area contributed by atoms with Crippen LogP contribution in [0.5, 0.6) is 0 Å². The molecule has 1 atom stereocenters. The van der Waals surface area contributed by atoms with Crippen molar-refractivity contribution in [2.24, 2.45) is 17.8 Å². The number of piperazine rings is 1. The minimum absolute atomic E-state index is 0.190. The highest BCUT2D eigenvalue weighted by Crippen LogP contribution is 2.55. The van der Waals surface area contributed by atoms with E-state index in [2.05, 4.69) is 20.4 Å². The predicted molar refractivity (Wildman–Crippen MR) is 176 cm³/mol. The smallest absolute Gasteiger partial charge is 0.262 e. The van der Waals surface area contributed by atoms with Gasteiger partial charge in [0.2, 0.25) is 11.8 Å². The minimum atomic E-state index is -0.702. The Morgan fingerprint density at radius 1 is 0.889 bits per heavy atom. The number of hydrogen-bond acceptors (Lipinski definition) is 7. The Kier molecular flexibility index (Phi) is 9.12. The van der Waals surface area contributed by atoms with Crippen LogP contribution in [0.4, 0.5) is 0 Å². The summed E-state index contributed by atoms with van der Waals surface area (Å²) in [7, 11) is 0. The number of nitrogens with zero attached hydrogens (tertiary/aromatic N) is 4. The van der Waals surface area contributed by atoms with Crippen molar-refractivity contribution in [3.8, 4) is 0 Å². The quantitative estimate of drug-likeness (QED) is 0.271. The van der Waals surface area contributed by atoms with E-state index in [4.69, 9.17) is 4.98 Å². The molecule has 4 aliphatic carbocycles. The van der Waals surface area contributed by atoms with Gasteiger partial charge in [0.15, 0.2) is 0 Å². The number of hydrogen-bond donors (Lipinski definition) is 2. The molecule has 3 heterocycles. The van der Waals surface area contributed by atoms with E-state index in [0.29, 0.717) is 35.2 Å². The molecular weight excluding hydrogens is 564 g/mol. The summed E-state index contributed by atoms with van der Waals surface area (Å²) in [6.07, 6.45) is 16.1. The van der Waals surface area contributed by atoms with Crippen molar-refractivity contribution in [3.63, 3.8) is 0 Å². The van der Waals surface area contributed by atoms with Gasteiger partial charge in [0.05, 0.1) is 10.9 Å². The van der Waals surface area contributed by atoms with E-state index >= 15 is 0 Å². The fourth-order valence-corrected chi connectivity index (χ4v) is 9.93. The van der Waals surface area contributed by atoms with Crippen molar-refractivity contribution in [2.45, 2.75) is 109 Å². The summed E-state index contributed by atoms with van der Waals surface area (Å²) in [4.78, 5) is 47.8. The predicted octanol–water partition coefficient (Wildman–Crippen LogP) is 4.31. The first kappa shape index (κ1) is 31.0. The van der Waals surface area contributed by atoms with Crippen LogP contribution in [-0.2, 0) is 16.1 Å². The van der Waals surface area contributed by atoms with Crippen molar-refractivity contribution in [2.75, 3.05) is 39.3 Å². The second-order valence-corrected chi connectivity index (χ2v) is 15.1. The SMILES string of the molecule is Cc1nc2cccc(CN3CCN(CCCCCCCNC45CC6CC(CC(C6)C4)C5)CC3)c2c(=O)n1C1CCC(=O)NC1=O. The van der Waals surface area contributed by atoms with Gasteiger partial charge >= 0.3 is 0 Å². The molecule has 2 aromatic rings. The average Bonchev–Trinajstić information content (AvgIpc) is 2.99. The van der Waals surface area contributed by atoms with E-state index < -0.39 is 11.9 Å². The molecule has 6 aliphatic rings. The highest BCUT2D eigenvalue weighted by molar-refractivity contribution is 5.99. The summed E-state index contributed by atoms with van der Waals surface area (Å²) in [6, 6.07) is 5.15. The van der Waals surface area contributed by atoms with E-state index in [1.54, 1.807) is 6.92 Å². The molecule has 8 rings (SSSR count). The Morgan fingerprint density at radius 2 is 1.56 bits per heavy atom.